The Labute approximate surface area is 144 Å². The monoisotopic (exact) mass is 332 g/mol. The molecule has 1 atom stereocenters. The van der Waals surface area contributed by atoms with E-state index in [2.05, 4.69) is 30.1 Å². The second-order valence-corrected chi connectivity index (χ2v) is 7.27. The molecule has 0 aliphatic carbocycles. The average Bonchev–Trinajstić information content (AvgIpc) is 3.23. The summed E-state index contributed by atoms with van der Waals surface area (Å²) in [7, 11) is 0. The highest BCUT2D eigenvalue weighted by atomic mass is 16.5. The van der Waals surface area contributed by atoms with Gasteiger partial charge >= 0.3 is 0 Å². The molecule has 1 amide bonds. The molecule has 0 bridgehead atoms. The Balaban J connectivity index is 1.42. The van der Waals surface area contributed by atoms with Crippen molar-refractivity contribution in [2.45, 2.75) is 51.2 Å². The van der Waals surface area contributed by atoms with E-state index < -0.39 is 0 Å². The molecule has 0 aromatic carbocycles. The zero-order valence-corrected chi connectivity index (χ0v) is 14.7. The maximum absolute atomic E-state index is 12.0. The first-order valence-corrected chi connectivity index (χ1v) is 8.90. The Kier molecular flexibility index (Phi) is 5.41. The Morgan fingerprint density at radius 3 is 2.83 bits per heavy atom. The molecule has 2 fully saturated rings. The maximum Gasteiger partial charge on any atom is 0.254 e. The number of carbonyl (C=O) groups is 1. The number of allylic oxidation sites excluding steroid dienone is 1. The molecule has 5 heteroatoms. The molecule has 1 spiro atoms. The minimum atomic E-state index is -0.0927. The van der Waals surface area contributed by atoms with Gasteiger partial charge in [-0.3, -0.25) is 9.69 Å². The topological polar surface area (TPSA) is 54.7 Å². The lowest BCUT2D eigenvalue weighted by molar-refractivity contribution is -0.0741. The number of rotatable bonds is 5. The first kappa shape index (κ1) is 17.2. The normalized spacial score (nSPS) is 23.3. The summed E-state index contributed by atoms with van der Waals surface area (Å²) < 4.78 is 11.3. The Bertz CT molecular complexity index is 567. The largest absolute Gasteiger partial charge is 0.472 e. The minimum Gasteiger partial charge on any atom is -0.472 e. The lowest BCUT2D eigenvalue weighted by Gasteiger charge is -2.39. The zero-order valence-electron chi connectivity index (χ0n) is 14.7. The van der Waals surface area contributed by atoms with E-state index in [0.29, 0.717) is 12.1 Å². The van der Waals surface area contributed by atoms with Gasteiger partial charge < -0.3 is 14.5 Å². The van der Waals surface area contributed by atoms with Gasteiger partial charge in [-0.05, 0) is 45.6 Å². The number of ether oxygens (including phenoxy) is 1. The zero-order chi connectivity index (χ0) is 17.0. The molecule has 0 unspecified atom stereocenters. The number of likely N-dealkylation sites (tertiary alicyclic amines) is 1. The van der Waals surface area contributed by atoms with Crippen molar-refractivity contribution in [1.82, 2.24) is 10.2 Å². The number of piperidine rings is 1. The fourth-order valence-electron chi connectivity index (χ4n) is 3.56. The molecular formula is C19H28N2O3. The summed E-state index contributed by atoms with van der Waals surface area (Å²) in [4.78, 5) is 14.5. The van der Waals surface area contributed by atoms with Crippen LogP contribution in [0.1, 0.15) is 49.9 Å². The van der Waals surface area contributed by atoms with E-state index in [1.54, 1.807) is 6.07 Å². The molecular weight excluding hydrogens is 304 g/mol. The third kappa shape index (κ3) is 4.28. The molecule has 0 saturated carbocycles. The van der Waals surface area contributed by atoms with Crippen molar-refractivity contribution in [3.63, 3.8) is 0 Å². The van der Waals surface area contributed by atoms with E-state index in [9.17, 15) is 4.79 Å². The Morgan fingerprint density at radius 2 is 2.17 bits per heavy atom. The average molecular weight is 332 g/mol. The number of amides is 1. The van der Waals surface area contributed by atoms with Gasteiger partial charge in [0, 0.05) is 26.2 Å². The molecule has 3 rings (SSSR count). The van der Waals surface area contributed by atoms with Crippen LogP contribution in [0, 0.1) is 0 Å². The van der Waals surface area contributed by atoms with Crippen molar-refractivity contribution in [1.29, 1.82) is 0 Å². The molecule has 3 heterocycles. The van der Waals surface area contributed by atoms with Crippen LogP contribution in [0.5, 0.6) is 0 Å². The van der Waals surface area contributed by atoms with Crippen LogP contribution in [0.15, 0.2) is 34.7 Å². The van der Waals surface area contributed by atoms with Crippen LogP contribution in [0.2, 0.25) is 0 Å². The number of nitrogens with zero attached hydrogens (tertiary/aromatic N) is 1. The van der Waals surface area contributed by atoms with Crippen LogP contribution in [-0.4, -0.2) is 48.7 Å². The summed E-state index contributed by atoms with van der Waals surface area (Å²) in [6, 6.07) is 1.68. The highest BCUT2D eigenvalue weighted by molar-refractivity contribution is 5.93. The second kappa shape index (κ2) is 7.53. The molecule has 24 heavy (non-hydrogen) atoms. The van der Waals surface area contributed by atoms with Crippen LogP contribution < -0.4 is 5.32 Å². The maximum atomic E-state index is 12.0. The van der Waals surface area contributed by atoms with E-state index in [0.717, 1.165) is 45.3 Å². The first-order chi connectivity index (χ1) is 11.6. The fourth-order valence-corrected chi connectivity index (χ4v) is 3.56. The number of nitrogens with one attached hydrogen (secondary N) is 1. The van der Waals surface area contributed by atoms with Gasteiger partial charge in [-0.15, -0.1) is 0 Å². The van der Waals surface area contributed by atoms with Crippen molar-refractivity contribution < 1.29 is 13.9 Å². The molecule has 132 valence electrons. The van der Waals surface area contributed by atoms with Gasteiger partial charge in [0.25, 0.3) is 5.91 Å². The Hall–Kier alpha value is -1.59. The summed E-state index contributed by atoms with van der Waals surface area (Å²) in [6.45, 7) is 8.10. The van der Waals surface area contributed by atoms with Crippen molar-refractivity contribution in [3.8, 4) is 0 Å². The quantitative estimate of drug-likeness (QED) is 0.842. The second-order valence-electron chi connectivity index (χ2n) is 7.27. The van der Waals surface area contributed by atoms with E-state index in [1.807, 2.05) is 0 Å². The van der Waals surface area contributed by atoms with Gasteiger partial charge in [0.1, 0.15) is 6.26 Å². The van der Waals surface area contributed by atoms with Gasteiger partial charge in [0.15, 0.2) is 0 Å². The van der Waals surface area contributed by atoms with Gasteiger partial charge in [-0.1, -0.05) is 11.6 Å². The summed E-state index contributed by atoms with van der Waals surface area (Å²) in [6.07, 6.45) is 9.72. The fraction of sp³-hybridized carbons (Fsp3) is 0.632. The molecule has 1 N–H and O–H groups in total. The van der Waals surface area contributed by atoms with Crippen LogP contribution in [-0.2, 0) is 4.74 Å². The lowest BCUT2D eigenvalue weighted by atomic mass is 9.88. The third-order valence-electron chi connectivity index (χ3n) is 5.14. The predicted octanol–water partition coefficient (Wildman–Crippen LogP) is 2.99. The summed E-state index contributed by atoms with van der Waals surface area (Å²) >= 11 is 0. The van der Waals surface area contributed by atoms with Crippen LogP contribution in [0.25, 0.3) is 0 Å². The lowest BCUT2D eigenvalue weighted by Crippen LogP contribution is -2.45. The minimum absolute atomic E-state index is 0.0342. The van der Waals surface area contributed by atoms with Gasteiger partial charge in [0.05, 0.1) is 23.5 Å². The number of carbonyl (C=O) groups excluding carboxylic acids is 1. The van der Waals surface area contributed by atoms with Crippen molar-refractivity contribution in [2.24, 2.45) is 0 Å². The highest BCUT2D eigenvalue weighted by Crippen LogP contribution is 2.38. The summed E-state index contributed by atoms with van der Waals surface area (Å²) in [5.74, 6) is -0.0927. The van der Waals surface area contributed by atoms with Gasteiger partial charge in [-0.25, -0.2) is 0 Å². The predicted molar refractivity (Wildman–Crippen MR) is 93.0 cm³/mol. The van der Waals surface area contributed by atoms with Crippen molar-refractivity contribution in [3.05, 3.63) is 35.8 Å². The van der Waals surface area contributed by atoms with Crippen molar-refractivity contribution in [2.75, 3.05) is 26.2 Å². The number of furan rings is 1. The molecule has 2 saturated heterocycles. The first-order valence-electron chi connectivity index (χ1n) is 8.90. The number of hydrogen-bond acceptors (Lipinski definition) is 4. The molecule has 5 nitrogen and oxygen atoms in total. The SMILES string of the molecule is CC(C)=CCN1CCC2(CC[C@H](CNC(=O)c3ccoc3)O2)CC1. The highest BCUT2D eigenvalue weighted by Gasteiger charge is 2.42. The van der Waals surface area contributed by atoms with Crippen LogP contribution >= 0.6 is 0 Å². The van der Waals surface area contributed by atoms with E-state index >= 15 is 0 Å². The summed E-state index contributed by atoms with van der Waals surface area (Å²) in [5.41, 5.74) is 1.98. The Morgan fingerprint density at radius 1 is 1.38 bits per heavy atom. The molecule has 2 aliphatic heterocycles. The van der Waals surface area contributed by atoms with Crippen LogP contribution in [0.4, 0.5) is 0 Å². The summed E-state index contributed by atoms with van der Waals surface area (Å²) in [5, 5.41) is 2.95. The molecule has 2 aliphatic rings. The van der Waals surface area contributed by atoms with Crippen LogP contribution in [0.3, 0.4) is 0 Å². The van der Waals surface area contributed by atoms with E-state index in [4.69, 9.17) is 9.15 Å². The van der Waals surface area contributed by atoms with Gasteiger partial charge in [-0.2, -0.15) is 0 Å². The van der Waals surface area contributed by atoms with E-state index in [-0.39, 0.29) is 17.6 Å². The van der Waals surface area contributed by atoms with Gasteiger partial charge in [0.2, 0.25) is 0 Å². The number of hydrogen-bond donors (Lipinski definition) is 1. The standard InChI is InChI=1S/C19H28N2O3/c1-15(2)4-9-21-10-7-19(8-11-21)6-3-17(24-19)13-20-18(22)16-5-12-23-14-16/h4-5,12,14,17H,3,6-11,13H2,1-2H3,(H,20,22)/t17-/m1/s1. The van der Waals surface area contributed by atoms with Crippen molar-refractivity contribution >= 4 is 5.91 Å². The molecule has 0 radical (unpaired) electrons. The third-order valence-corrected chi connectivity index (χ3v) is 5.14. The molecule has 1 aromatic rings. The molecule has 1 aromatic heterocycles. The van der Waals surface area contributed by atoms with E-state index in [1.165, 1.54) is 18.1 Å². The smallest absolute Gasteiger partial charge is 0.254 e.